The first-order chi connectivity index (χ1) is 11.5. The van der Waals surface area contributed by atoms with E-state index in [4.69, 9.17) is 12.2 Å². The van der Waals surface area contributed by atoms with Crippen molar-refractivity contribution in [2.24, 2.45) is 0 Å². The normalized spacial score (nSPS) is 12.7. The molecule has 1 heterocycles. The Morgan fingerprint density at radius 1 is 1.21 bits per heavy atom. The number of hydrogen-bond acceptors (Lipinski definition) is 2. The van der Waals surface area contributed by atoms with E-state index in [2.05, 4.69) is 32.6 Å². The molecule has 1 amide bonds. The number of hydrogen-bond donors (Lipinski definition) is 2. The summed E-state index contributed by atoms with van der Waals surface area (Å²) in [5, 5.41) is 6.96. The van der Waals surface area contributed by atoms with Crippen molar-refractivity contribution in [3.05, 3.63) is 52.0 Å². The van der Waals surface area contributed by atoms with Crippen molar-refractivity contribution in [3.8, 4) is 0 Å². The molecule has 1 aliphatic rings. The zero-order valence-corrected chi connectivity index (χ0v) is 15.9. The number of anilines is 3. The molecule has 0 aliphatic carbocycles. The van der Waals surface area contributed by atoms with Crippen molar-refractivity contribution in [1.82, 2.24) is 0 Å². The fourth-order valence-corrected chi connectivity index (χ4v) is 3.63. The molecule has 0 saturated heterocycles. The van der Waals surface area contributed by atoms with E-state index in [1.807, 2.05) is 37.3 Å². The summed E-state index contributed by atoms with van der Waals surface area (Å²) in [6, 6.07) is 12.0. The Labute approximate surface area is 155 Å². The maximum Gasteiger partial charge on any atom is 0.223 e. The summed E-state index contributed by atoms with van der Waals surface area (Å²) in [7, 11) is 0. The molecule has 0 spiro atoms. The molecule has 0 atom stereocenters. The van der Waals surface area contributed by atoms with E-state index >= 15 is 0 Å². The average Bonchev–Trinajstić information content (AvgIpc) is 2.93. The predicted octanol–water partition coefficient (Wildman–Crippen LogP) is 4.48. The van der Waals surface area contributed by atoms with Gasteiger partial charge in [0.25, 0.3) is 0 Å². The summed E-state index contributed by atoms with van der Waals surface area (Å²) in [5.74, 6) is 0.0388. The lowest BCUT2D eigenvalue weighted by molar-refractivity contribution is -0.116. The molecule has 0 fully saturated rings. The Kier molecular flexibility index (Phi) is 4.87. The van der Waals surface area contributed by atoms with E-state index in [9.17, 15) is 4.79 Å². The zero-order chi connectivity index (χ0) is 17.3. The third kappa shape index (κ3) is 3.44. The van der Waals surface area contributed by atoms with E-state index in [0.717, 1.165) is 39.1 Å². The minimum atomic E-state index is 0.0388. The number of carbonyl (C=O) groups is 1. The first kappa shape index (κ1) is 16.9. The Hall–Kier alpha value is -1.92. The number of rotatable bonds is 2. The van der Waals surface area contributed by atoms with E-state index in [1.54, 1.807) is 11.8 Å². The number of para-hydroxylation sites is 1. The summed E-state index contributed by atoms with van der Waals surface area (Å²) in [4.78, 5) is 13.7. The van der Waals surface area contributed by atoms with Crippen LogP contribution in [0.4, 0.5) is 17.1 Å². The number of aryl methyl sites for hydroxylation is 1. The van der Waals surface area contributed by atoms with Gasteiger partial charge in [0.1, 0.15) is 0 Å². The van der Waals surface area contributed by atoms with Crippen molar-refractivity contribution < 1.29 is 4.79 Å². The number of thiocarbonyl (C=S) groups is 1. The lowest BCUT2D eigenvalue weighted by atomic mass is 10.1. The lowest BCUT2D eigenvalue weighted by Crippen LogP contribution is -2.28. The predicted molar refractivity (Wildman–Crippen MR) is 107 cm³/mol. The van der Waals surface area contributed by atoms with Gasteiger partial charge in [-0.1, -0.05) is 34.1 Å². The molecule has 0 radical (unpaired) electrons. The van der Waals surface area contributed by atoms with Crippen molar-refractivity contribution in [3.63, 3.8) is 0 Å². The van der Waals surface area contributed by atoms with Crippen LogP contribution in [0.5, 0.6) is 0 Å². The fraction of sp³-hybridized carbons (Fsp3) is 0.222. The van der Waals surface area contributed by atoms with Crippen LogP contribution >= 0.6 is 28.1 Å². The molecule has 0 unspecified atom stereocenters. The Bertz CT molecular complexity index is 822. The zero-order valence-electron chi connectivity index (χ0n) is 13.5. The second-order valence-corrected chi connectivity index (χ2v) is 7.10. The van der Waals surface area contributed by atoms with Crippen LogP contribution in [0, 0.1) is 6.92 Å². The quantitative estimate of drug-likeness (QED) is 0.725. The van der Waals surface area contributed by atoms with Gasteiger partial charge in [-0.2, -0.15) is 0 Å². The van der Waals surface area contributed by atoms with Crippen LogP contribution in [0.2, 0.25) is 0 Å². The molecule has 6 heteroatoms. The van der Waals surface area contributed by atoms with Gasteiger partial charge in [0.15, 0.2) is 5.11 Å². The molecule has 124 valence electrons. The summed E-state index contributed by atoms with van der Waals surface area (Å²) < 4.78 is 0.966. The summed E-state index contributed by atoms with van der Waals surface area (Å²) in [6.07, 6.45) is 0.848. The maximum absolute atomic E-state index is 11.9. The van der Waals surface area contributed by atoms with Crippen LogP contribution < -0.4 is 15.5 Å². The van der Waals surface area contributed by atoms with Crippen molar-refractivity contribution in [2.45, 2.75) is 20.3 Å². The van der Waals surface area contributed by atoms with Crippen molar-refractivity contribution in [2.75, 3.05) is 22.1 Å². The van der Waals surface area contributed by atoms with Gasteiger partial charge in [-0.15, -0.1) is 0 Å². The van der Waals surface area contributed by atoms with Crippen LogP contribution in [-0.2, 0) is 11.2 Å². The molecular weight excluding hydrogens is 386 g/mol. The number of fused-ring (bicyclic) bond motifs is 1. The largest absolute Gasteiger partial charge is 0.332 e. The second-order valence-electron chi connectivity index (χ2n) is 5.78. The summed E-state index contributed by atoms with van der Waals surface area (Å²) in [6.45, 7) is 4.32. The van der Waals surface area contributed by atoms with Gasteiger partial charge in [-0.25, -0.2) is 0 Å². The molecule has 2 aromatic rings. The highest BCUT2D eigenvalue weighted by Crippen LogP contribution is 2.38. The third-order valence-electron chi connectivity index (χ3n) is 4.05. The van der Waals surface area contributed by atoms with Gasteiger partial charge in [-0.05, 0) is 54.9 Å². The van der Waals surface area contributed by atoms with Crippen molar-refractivity contribution >= 4 is 56.2 Å². The summed E-state index contributed by atoms with van der Waals surface area (Å²) >= 11 is 8.99. The molecule has 0 bridgehead atoms. The Balaban J connectivity index is 1.86. The maximum atomic E-state index is 11.9. The fourth-order valence-electron chi connectivity index (χ4n) is 2.91. The third-order valence-corrected chi connectivity index (χ3v) is 4.71. The Morgan fingerprint density at radius 2 is 1.92 bits per heavy atom. The minimum absolute atomic E-state index is 0.0388. The van der Waals surface area contributed by atoms with Gasteiger partial charge in [-0.3, -0.25) is 4.79 Å². The molecule has 2 aromatic carbocycles. The van der Waals surface area contributed by atoms with Crippen LogP contribution in [0.3, 0.4) is 0 Å². The SMILES string of the molecule is CC(=O)N1CCc2cc(Br)cc(NC(=S)Nc3ccccc3C)c21. The monoisotopic (exact) mass is 403 g/mol. The molecule has 2 N–H and O–H groups in total. The Morgan fingerprint density at radius 3 is 2.62 bits per heavy atom. The van der Waals surface area contributed by atoms with E-state index in [-0.39, 0.29) is 5.91 Å². The highest BCUT2D eigenvalue weighted by atomic mass is 79.9. The second kappa shape index (κ2) is 6.91. The first-order valence-electron chi connectivity index (χ1n) is 7.70. The molecule has 0 aromatic heterocycles. The summed E-state index contributed by atoms with van der Waals surface area (Å²) in [5.41, 5.74) is 4.97. The highest BCUT2D eigenvalue weighted by molar-refractivity contribution is 9.10. The standard InChI is InChI=1S/C18H18BrN3OS/c1-11-5-3-4-6-15(11)20-18(24)21-16-10-14(19)9-13-7-8-22(12(2)23)17(13)16/h3-6,9-10H,7-8H2,1-2H3,(H2,20,21,24). The number of halogens is 1. The van der Waals surface area contributed by atoms with E-state index in [0.29, 0.717) is 11.7 Å². The smallest absolute Gasteiger partial charge is 0.223 e. The van der Waals surface area contributed by atoms with Gasteiger partial charge in [0, 0.05) is 23.6 Å². The van der Waals surface area contributed by atoms with Gasteiger partial charge >= 0.3 is 0 Å². The van der Waals surface area contributed by atoms with Crippen LogP contribution in [0.1, 0.15) is 18.1 Å². The van der Waals surface area contributed by atoms with Crippen LogP contribution in [0.25, 0.3) is 0 Å². The lowest BCUT2D eigenvalue weighted by Gasteiger charge is -2.21. The molecule has 4 nitrogen and oxygen atoms in total. The number of nitrogens with zero attached hydrogens (tertiary/aromatic N) is 1. The van der Waals surface area contributed by atoms with Crippen LogP contribution in [-0.4, -0.2) is 17.6 Å². The highest BCUT2D eigenvalue weighted by Gasteiger charge is 2.26. The van der Waals surface area contributed by atoms with E-state index < -0.39 is 0 Å². The van der Waals surface area contributed by atoms with Crippen molar-refractivity contribution in [1.29, 1.82) is 0 Å². The number of amides is 1. The molecule has 1 aliphatic heterocycles. The van der Waals surface area contributed by atoms with Gasteiger partial charge in [0.2, 0.25) is 5.91 Å². The molecule has 24 heavy (non-hydrogen) atoms. The first-order valence-corrected chi connectivity index (χ1v) is 8.90. The topological polar surface area (TPSA) is 44.4 Å². The van der Waals surface area contributed by atoms with Gasteiger partial charge < -0.3 is 15.5 Å². The molecule has 3 rings (SSSR count). The molecule has 0 saturated carbocycles. The number of benzene rings is 2. The van der Waals surface area contributed by atoms with E-state index in [1.165, 1.54) is 0 Å². The van der Waals surface area contributed by atoms with Crippen LogP contribution in [0.15, 0.2) is 40.9 Å². The molecular formula is C18H18BrN3OS. The average molecular weight is 404 g/mol. The number of nitrogens with one attached hydrogen (secondary N) is 2. The minimum Gasteiger partial charge on any atom is -0.332 e. The van der Waals surface area contributed by atoms with Gasteiger partial charge in [0.05, 0.1) is 11.4 Å². The number of carbonyl (C=O) groups excluding carboxylic acids is 1.